The van der Waals surface area contributed by atoms with E-state index < -0.39 is 15.9 Å². The topological polar surface area (TPSA) is 126 Å². The Balaban J connectivity index is 1.42. The predicted molar refractivity (Wildman–Crippen MR) is 174 cm³/mol. The maximum absolute atomic E-state index is 13.7. The van der Waals surface area contributed by atoms with Gasteiger partial charge in [-0.1, -0.05) is 32.9 Å². The van der Waals surface area contributed by atoms with Crippen molar-refractivity contribution in [2.75, 3.05) is 30.0 Å². The lowest BCUT2D eigenvalue weighted by atomic mass is 9.90. The van der Waals surface area contributed by atoms with Gasteiger partial charge in [0.05, 0.1) is 17.3 Å². The Morgan fingerprint density at radius 1 is 0.911 bits per heavy atom. The Kier molecular flexibility index (Phi) is 8.36. The van der Waals surface area contributed by atoms with Crippen LogP contribution in [-0.4, -0.2) is 54.6 Å². The molecule has 2 fully saturated rings. The molecule has 0 spiro atoms. The van der Waals surface area contributed by atoms with Crippen LogP contribution in [0.1, 0.15) is 106 Å². The number of hydrogen-bond acceptors (Lipinski definition) is 9. The van der Waals surface area contributed by atoms with Gasteiger partial charge in [0, 0.05) is 48.0 Å². The molecule has 10 nitrogen and oxygen atoms in total. The monoisotopic (exact) mass is 632 g/mol. The number of pyridine rings is 3. The summed E-state index contributed by atoms with van der Waals surface area (Å²) in [6.45, 7) is 12.8. The molecule has 1 amide bonds. The van der Waals surface area contributed by atoms with Crippen molar-refractivity contribution in [1.82, 2.24) is 19.7 Å². The fourth-order valence-corrected chi connectivity index (χ4v) is 7.77. The number of sulfonamides is 1. The average molecular weight is 633 g/mol. The van der Waals surface area contributed by atoms with E-state index in [2.05, 4.69) is 66.7 Å². The van der Waals surface area contributed by atoms with Crippen molar-refractivity contribution >= 4 is 27.6 Å². The SMILES string of the molecule is CC(C)(C)c1ccc2c(n1)N1C[C@@H](CC[C@H](c3cccc(C4CCOCC4)n3)Nc3cccc(n3)S(=O)(=O)NC2=O)CC1(C)C. The van der Waals surface area contributed by atoms with Crippen LogP contribution in [0.4, 0.5) is 11.6 Å². The zero-order valence-electron chi connectivity index (χ0n) is 26.8. The molecule has 2 N–H and O–H groups in total. The van der Waals surface area contributed by atoms with E-state index in [1.54, 1.807) is 18.2 Å². The van der Waals surface area contributed by atoms with Crippen LogP contribution in [0.2, 0.25) is 0 Å². The molecule has 6 rings (SSSR count). The summed E-state index contributed by atoms with van der Waals surface area (Å²) in [5.41, 5.74) is 2.48. The number of carbonyl (C=O) groups excluding carboxylic acids is 1. The fraction of sp³-hybridized carbons (Fsp3) is 0.529. The van der Waals surface area contributed by atoms with Crippen molar-refractivity contribution in [3.05, 3.63) is 71.2 Å². The van der Waals surface area contributed by atoms with Crippen molar-refractivity contribution in [3.8, 4) is 0 Å². The molecule has 6 heterocycles. The fourth-order valence-electron chi connectivity index (χ4n) is 6.83. The van der Waals surface area contributed by atoms with Crippen LogP contribution >= 0.6 is 0 Å². The summed E-state index contributed by atoms with van der Waals surface area (Å²) >= 11 is 0. The van der Waals surface area contributed by atoms with Crippen LogP contribution in [0.15, 0.2) is 53.6 Å². The molecule has 0 aliphatic carbocycles. The van der Waals surface area contributed by atoms with Gasteiger partial charge in [0.2, 0.25) is 0 Å². The second-order valence-corrected chi connectivity index (χ2v) is 15.9. The van der Waals surface area contributed by atoms with Crippen LogP contribution in [0.25, 0.3) is 0 Å². The molecular weight excluding hydrogens is 588 g/mol. The highest BCUT2D eigenvalue weighted by Crippen LogP contribution is 2.41. The Labute approximate surface area is 266 Å². The van der Waals surface area contributed by atoms with Crippen LogP contribution in [0.3, 0.4) is 0 Å². The van der Waals surface area contributed by atoms with E-state index in [4.69, 9.17) is 14.7 Å². The maximum atomic E-state index is 13.7. The molecule has 0 saturated carbocycles. The lowest BCUT2D eigenvalue weighted by molar-refractivity contribution is 0.0844. The number of anilines is 2. The zero-order valence-corrected chi connectivity index (χ0v) is 27.7. The molecule has 3 aliphatic heterocycles. The van der Waals surface area contributed by atoms with E-state index in [-0.39, 0.29) is 27.6 Å². The number of hydrogen-bond donors (Lipinski definition) is 2. The Morgan fingerprint density at radius 2 is 1.64 bits per heavy atom. The van der Waals surface area contributed by atoms with Gasteiger partial charge < -0.3 is 15.0 Å². The lowest BCUT2D eigenvalue weighted by Crippen LogP contribution is -2.41. The van der Waals surface area contributed by atoms with Crippen molar-refractivity contribution in [1.29, 1.82) is 0 Å². The highest BCUT2D eigenvalue weighted by atomic mass is 32.2. The third-order valence-electron chi connectivity index (χ3n) is 9.30. The van der Waals surface area contributed by atoms with E-state index in [0.29, 0.717) is 30.0 Å². The van der Waals surface area contributed by atoms with Gasteiger partial charge in [-0.15, -0.1) is 0 Å². The quantitative estimate of drug-likeness (QED) is 0.364. The summed E-state index contributed by atoms with van der Waals surface area (Å²) in [5, 5.41) is 3.27. The molecule has 240 valence electrons. The smallest absolute Gasteiger partial charge is 0.281 e. The lowest BCUT2D eigenvalue weighted by Gasteiger charge is -2.34. The van der Waals surface area contributed by atoms with Gasteiger partial charge in [0.15, 0.2) is 5.03 Å². The normalized spacial score (nSPS) is 23.7. The van der Waals surface area contributed by atoms with Crippen molar-refractivity contribution < 1.29 is 17.9 Å². The second kappa shape index (κ2) is 12.0. The summed E-state index contributed by atoms with van der Waals surface area (Å²) in [7, 11) is -4.28. The highest BCUT2D eigenvalue weighted by molar-refractivity contribution is 7.90. The highest BCUT2D eigenvalue weighted by Gasteiger charge is 2.41. The number of carbonyl (C=O) groups is 1. The molecule has 45 heavy (non-hydrogen) atoms. The molecule has 2 atom stereocenters. The third-order valence-corrected chi connectivity index (χ3v) is 10.5. The number of nitrogens with zero attached hydrogens (tertiary/aromatic N) is 4. The summed E-state index contributed by atoms with van der Waals surface area (Å²) in [4.78, 5) is 30.5. The van der Waals surface area contributed by atoms with Crippen LogP contribution < -0.4 is 14.9 Å². The molecular formula is C34H44N6O4S. The van der Waals surface area contributed by atoms with Crippen molar-refractivity contribution in [2.24, 2.45) is 5.92 Å². The number of ether oxygens (including phenoxy) is 1. The minimum Gasteiger partial charge on any atom is -0.381 e. The largest absolute Gasteiger partial charge is 0.381 e. The number of nitrogens with one attached hydrogen (secondary N) is 2. The Bertz CT molecular complexity index is 1680. The number of rotatable bonds is 2. The number of aromatic nitrogens is 3. The molecule has 4 bridgehead atoms. The van der Waals surface area contributed by atoms with Crippen LogP contribution in [0.5, 0.6) is 0 Å². The Morgan fingerprint density at radius 3 is 2.40 bits per heavy atom. The van der Waals surface area contributed by atoms with Crippen molar-refractivity contribution in [2.45, 2.75) is 94.7 Å². The molecule has 0 unspecified atom stereocenters. The van der Waals surface area contributed by atoms with Crippen molar-refractivity contribution in [3.63, 3.8) is 0 Å². The number of fused-ring (bicyclic) bond motifs is 6. The van der Waals surface area contributed by atoms with Crippen LogP contribution in [0, 0.1) is 5.92 Å². The number of amides is 1. The zero-order chi connectivity index (χ0) is 32.0. The molecule has 0 radical (unpaired) electrons. The van der Waals surface area contributed by atoms with E-state index in [9.17, 15) is 13.2 Å². The summed E-state index contributed by atoms with van der Waals surface area (Å²) in [5.74, 6) is 0.880. The van der Waals surface area contributed by atoms with E-state index >= 15 is 0 Å². The third kappa shape index (κ3) is 6.70. The molecule has 3 aromatic rings. The minimum atomic E-state index is -4.28. The van der Waals surface area contributed by atoms with E-state index in [1.807, 2.05) is 12.1 Å². The summed E-state index contributed by atoms with van der Waals surface area (Å²) < 4.78 is 34.9. The van der Waals surface area contributed by atoms with Gasteiger partial charge in [-0.2, -0.15) is 8.42 Å². The average Bonchev–Trinajstić information content (AvgIpc) is 3.32. The first-order valence-corrected chi connectivity index (χ1v) is 17.4. The minimum absolute atomic E-state index is 0.190. The summed E-state index contributed by atoms with van der Waals surface area (Å²) in [6.07, 6.45) is 4.47. The molecule has 3 aliphatic rings. The van der Waals surface area contributed by atoms with Gasteiger partial charge in [-0.05, 0) is 88.3 Å². The second-order valence-electron chi connectivity index (χ2n) is 14.3. The molecule has 2 saturated heterocycles. The van der Waals surface area contributed by atoms with Gasteiger partial charge >= 0.3 is 0 Å². The first kappa shape index (κ1) is 31.4. The van der Waals surface area contributed by atoms with Gasteiger partial charge in [-0.25, -0.2) is 14.7 Å². The van der Waals surface area contributed by atoms with Gasteiger partial charge in [0.1, 0.15) is 11.6 Å². The Hall–Kier alpha value is -3.57. The van der Waals surface area contributed by atoms with E-state index in [0.717, 1.165) is 62.4 Å². The van der Waals surface area contributed by atoms with Gasteiger partial charge in [-0.3, -0.25) is 9.78 Å². The summed E-state index contributed by atoms with van der Waals surface area (Å²) in [6, 6.07) is 14.3. The standard InChI is InChI=1S/C34H44N6O4S/c1-33(2,3)28-15-13-24-31(37-28)40-21-22(20-34(40,4)5)12-14-27(26-9-6-8-25(35-26)23-16-18-44-19-17-23)36-29-10-7-11-30(38-29)45(42,43)39-32(24)41/h6-11,13,15,22-23,27H,12,14,16-21H2,1-5H3,(H,36,38)(H,39,41)/t22-,27+/m0/s1. The first-order valence-electron chi connectivity index (χ1n) is 15.9. The van der Waals surface area contributed by atoms with Crippen LogP contribution in [-0.2, 0) is 20.2 Å². The maximum Gasteiger partial charge on any atom is 0.281 e. The van der Waals surface area contributed by atoms with Gasteiger partial charge in [0.25, 0.3) is 15.9 Å². The molecule has 0 aromatic carbocycles. The predicted octanol–water partition coefficient (Wildman–Crippen LogP) is 5.73. The molecule has 3 aromatic heterocycles. The van der Waals surface area contributed by atoms with E-state index in [1.165, 1.54) is 6.07 Å². The molecule has 11 heteroatoms. The first-order chi connectivity index (χ1) is 21.3.